The van der Waals surface area contributed by atoms with Gasteiger partial charge in [0.1, 0.15) is 0 Å². The maximum absolute atomic E-state index is 13.6. The second-order valence-corrected chi connectivity index (χ2v) is 9.94. The Labute approximate surface area is 150 Å². The third-order valence-corrected chi connectivity index (χ3v) is 9.31. The smallest absolute Gasteiger partial charge is 0.311 e. The molecule has 0 aliphatic heterocycles. The number of hydrogen-bond donors (Lipinski definition) is 1. The maximum Gasteiger partial charge on any atom is 0.311 e. The summed E-state index contributed by atoms with van der Waals surface area (Å²) in [6, 6.07) is 0. The van der Waals surface area contributed by atoms with Gasteiger partial charge in [-0.25, -0.2) is 0 Å². The first kappa shape index (κ1) is 17.8. The number of esters is 1. The van der Waals surface area contributed by atoms with E-state index in [1.54, 1.807) is 0 Å². The molecule has 0 amide bonds. The molecule has 0 aromatic heterocycles. The van der Waals surface area contributed by atoms with Gasteiger partial charge in [0.15, 0.2) is 0 Å². The van der Waals surface area contributed by atoms with Crippen LogP contribution in [0, 0.1) is 39.9 Å². The van der Waals surface area contributed by atoms with Gasteiger partial charge in [0.05, 0.1) is 25.3 Å². The van der Waals surface area contributed by atoms with Crippen LogP contribution >= 0.6 is 0 Å². The van der Waals surface area contributed by atoms with Crippen molar-refractivity contribution in [3.63, 3.8) is 0 Å². The number of carbonyl (C=O) groups is 1. The van der Waals surface area contributed by atoms with Crippen LogP contribution in [0.1, 0.15) is 65.2 Å². The minimum absolute atomic E-state index is 0.0559. The van der Waals surface area contributed by atoms with Crippen molar-refractivity contribution in [3.8, 4) is 0 Å². The van der Waals surface area contributed by atoms with Gasteiger partial charge in [0.2, 0.25) is 0 Å². The zero-order valence-corrected chi connectivity index (χ0v) is 15.9. The number of carbonyl (C=O) groups excluding carboxylic acids is 1. The van der Waals surface area contributed by atoms with Crippen molar-refractivity contribution >= 4 is 5.97 Å². The molecule has 3 nitrogen and oxygen atoms in total. The zero-order valence-electron chi connectivity index (χ0n) is 15.9. The maximum atomic E-state index is 13.6. The number of alkyl halides is 1. The molecule has 2 bridgehead atoms. The van der Waals surface area contributed by atoms with E-state index in [1.807, 2.05) is 0 Å². The molecule has 1 spiro atoms. The van der Waals surface area contributed by atoms with Crippen molar-refractivity contribution in [1.29, 1.82) is 0 Å². The Morgan fingerprint density at radius 2 is 1.88 bits per heavy atom. The van der Waals surface area contributed by atoms with E-state index < -0.39 is 11.5 Å². The van der Waals surface area contributed by atoms with Crippen LogP contribution in [-0.4, -0.2) is 31.0 Å². The molecule has 142 valence electrons. The summed E-state index contributed by atoms with van der Waals surface area (Å²) in [4.78, 5) is 12.6. The highest BCUT2D eigenvalue weighted by molar-refractivity contribution is 5.77. The molecule has 5 aliphatic carbocycles. The molecule has 0 saturated heterocycles. The molecular weight excluding hydrogens is 319 g/mol. The summed E-state index contributed by atoms with van der Waals surface area (Å²) in [7, 11) is 1.50. The van der Waals surface area contributed by atoms with E-state index in [-0.39, 0.29) is 29.4 Å². The van der Waals surface area contributed by atoms with Gasteiger partial charge < -0.3 is 9.84 Å². The number of hydrogen-bond acceptors (Lipinski definition) is 3. The van der Waals surface area contributed by atoms with Crippen molar-refractivity contribution in [3.05, 3.63) is 0 Å². The van der Waals surface area contributed by atoms with Crippen molar-refractivity contribution in [2.75, 3.05) is 13.8 Å². The second kappa shape index (κ2) is 5.68. The van der Waals surface area contributed by atoms with Crippen LogP contribution in [0.3, 0.4) is 0 Å². The monoisotopic (exact) mass is 352 g/mol. The van der Waals surface area contributed by atoms with E-state index in [4.69, 9.17) is 4.74 Å². The van der Waals surface area contributed by atoms with E-state index in [0.29, 0.717) is 17.8 Å². The number of fused-ring (bicyclic) bond motifs is 3. The first-order valence-electron chi connectivity index (χ1n) is 10.2. The van der Waals surface area contributed by atoms with E-state index in [0.717, 1.165) is 51.4 Å². The van der Waals surface area contributed by atoms with Gasteiger partial charge in [-0.1, -0.05) is 13.3 Å². The zero-order chi connectivity index (χ0) is 18.0. The molecule has 8 atom stereocenters. The van der Waals surface area contributed by atoms with Crippen LogP contribution in [0.4, 0.5) is 4.39 Å². The molecule has 5 fully saturated rings. The molecule has 4 heteroatoms. The molecule has 0 aromatic rings. The fraction of sp³-hybridized carbons (Fsp3) is 0.952. The Balaban J connectivity index is 1.73. The minimum Gasteiger partial charge on any atom is -0.469 e. The molecular formula is C21H33FO3. The van der Waals surface area contributed by atoms with Crippen LogP contribution in [0.5, 0.6) is 0 Å². The summed E-state index contributed by atoms with van der Waals surface area (Å²) in [6.07, 6.45) is 7.60. The lowest BCUT2D eigenvalue weighted by molar-refractivity contribution is -0.246. The van der Waals surface area contributed by atoms with E-state index in [1.165, 1.54) is 7.11 Å². The first-order valence-corrected chi connectivity index (χ1v) is 10.2. The fourth-order valence-electron chi connectivity index (χ4n) is 8.16. The number of rotatable bonds is 2. The first-order chi connectivity index (χ1) is 11.8. The van der Waals surface area contributed by atoms with Gasteiger partial charge in [0.25, 0.3) is 0 Å². The van der Waals surface area contributed by atoms with Gasteiger partial charge in [-0.3, -0.25) is 9.18 Å². The normalized spacial score (nSPS) is 54.5. The number of aliphatic hydroxyl groups excluding tert-OH is 1. The Bertz CT molecular complexity index is 565. The summed E-state index contributed by atoms with van der Waals surface area (Å²) in [5.41, 5.74) is -0.476. The third-order valence-electron chi connectivity index (χ3n) is 9.31. The number of aliphatic hydroxyl groups is 1. The summed E-state index contributed by atoms with van der Waals surface area (Å²) in [5.74, 6) is 0.809. The lowest BCUT2D eigenvalue weighted by Crippen LogP contribution is -2.67. The molecule has 0 aromatic carbocycles. The van der Waals surface area contributed by atoms with Crippen molar-refractivity contribution in [1.82, 2.24) is 0 Å². The Hall–Kier alpha value is -0.640. The highest BCUT2D eigenvalue weighted by Gasteiger charge is 2.68. The van der Waals surface area contributed by atoms with Crippen molar-refractivity contribution in [2.24, 2.45) is 39.9 Å². The van der Waals surface area contributed by atoms with Gasteiger partial charge >= 0.3 is 5.97 Å². The molecule has 0 radical (unpaired) electrons. The largest absolute Gasteiger partial charge is 0.469 e. The predicted octanol–water partition coefficient (Wildman–Crippen LogP) is 4.13. The fourth-order valence-corrected chi connectivity index (χ4v) is 8.16. The molecule has 5 aliphatic rings. The van der Waals surface area contributed by atoms with E-state index in [2.05, 4.69) is 13.8 Å². The number of ether oxygens (including phenoxy) is 1. The molecule has 0 unspecified atom stereocenters. The molecule has 1 N–H and O–H groups in total. The van der Waals surface area contributed by atoms with Gasteiger partial charge in [-0.2, -0.15) is 0 Å². The van der Waals surface area contributed by atoms with Crippen molar-refractivity contribution < 1.29 is 19.0 Å². The predicted molar refractivity (Wildman–Crippen MR) is 93.5 cm³/mol. The summed E-state index contributed by atoms with van der Waals surface area (Å²) >= 11 is 0. The number of methoxy groups -OCH3 is 1. The Morgan fingerprint density at radius 1 is 1.16 bits per heavy atom. The van der Waals surface area contributed by atoms with Crippen LogP contribution in [-0.2, 0) is 9.53 Å². The second-order valence-electron chi connectivity index (χ2n) is 9.94. The van der Waals surface area contributed by atoms with Gasteiger partial charge in [-0.15, -0.1) is 0 Å². The van der Waals surface area contributed by atoms with Crippen LogP contribution < -0.4 is 0 Å². The third kappa shape index (κ3) is 2.09. The summed E-state index contributed by atoms with van der Waals surface area (Å²) < 4.78 is 18.8. The van der Waals surface area contributed by atoms with Gasteiger partial charge in [-0.05, 0) is 75.0 Å². The SMILES string of the molecule is COC(=O)[C@]1(C)CCC[C@@]2(C)[C@@H]3C[C@@H]4CC[C@@]3(CC[C@@H]21)[C@H](O)[C@H]4CF. The van der Waals surface area contributed by atoms with Gasteiger partial charge in [0, 0.05) is 11.3 Å². The average Bonchev–Trinajstić information content (AvgIpc) is 2.61. The Kier molecular flexibility index (Phi) is 4.03. The topological polar surface area (TPSA) is 46.5 Å². The van der Waals surface area contributed by atoms with Crippen LogP contribution in [0.2, 0.25) is 0 Å². The lowest BCUT2D eigenvalue weighted by Gasteiger charge is -2.69. The molecule has 5 rings (SSSR count). The lowest BCUT2D eigenvalue weighted by atomic mass is 9.35. The van der Waals surface area contributed by atoms with Crippen LogP contribution in [0.15, 0.2) is 0 Å². The Morgan fingerprint density at radius 3 is 2.56 bits per heavy atom. The van der Waals surface area contributed by atoms with Crippen LogP contribution in [0.25, 0.3) is 0 Å². The van der Waals surface area contributed by atoms with E-state index in [9.17, 15) is 14.3 Å². The average molecular weight is 352 g/mol. The standard InChI is InChI=1S/C21H33FO3/c1-19-7-4-8-20(2,18(24)25-3)15(19)6-10-21-9-5-13(11-16(19)21)14(12-22)17(21)23/h13-17,23H,4-12H2,1-3H3/t13-,14-,15-,16-,17+,19+,20+,21-/m0/s1. The van der Waals surface area contributed by atoms with Crippen molar-refractivity contribution in [2.45, 2.75) is 71.3 Å². The highest BCUT2D eigenvalue weighted by atomic mass is 19.1. The molecule has 25 heavy (non-hydrogen) atoms. The summed E-state index contributed by atoms with van der Waals surface area (Å²) in [6.45, 7) is 4.07. The van der Waals surface area contributed by atoms with E-state index >= 15 is 0 Å². The highest BCUT2D eigenvalue weighted by Crippen LogP contribution is 2.72. The number of halogens is 1. The molecule has 5 saturated carbocycles. The minimum atomic E-state index is -0.501. The molecule has 0 heterocycles. The summed E-state index contributed by atoms with van der Waals surface area (Å²) in [5, 5.41) is 11.1. The quantitative estimate of drug-likeness (QED) is 0.760.